The average Bonchev–Trinajstić information content (AvgIpc) is 2.55. The van der Waals surface area contributed by atoms with Crippen LogP contribution >= 0.6 is 0 Å². The molecule has 1 unspecified atom stereocenters. The Hall–Kier alpha value is -2.01. The Morgan fingerprint density at radius 2 is 1.50 bits per heavy atom. The third-order valence-electron chi connectivity index (χ3n) is 2.55. The first-order chi connectivity index (χ1) is 9.70. The second-order valence-electron chi connectivity index (χ2n) is 3.96. The zero-order chi connectivity index (χ0) is 14.8. The van der Waals surface area contributed by atoms with Gasteiger partial charge in [-0.15, -0.1) is 0 Å². The lowest BCUT2D eigenvalue weighted by atomic mass is 10.0. The third kappa shape index (κ3) is 4.93. The Labute approximate surface area is 118 Å². The molecular weight excluding hydrogens is 256 g/mol. The first-order valence-electron chi connectivity index (χ1n) is 6.29. The predicted molar refractivity (Wildman–Crippen MR) is 76.4 cm³/mol. The van der Waals surface area contributed by atoms with E-state index in [1.165, 1.54) is 0 Å². The first kappa shape index (κ1) is 16.0. The summed E-state index contributed by atoms with van der Waals surface area (Å²) in [6, 6.07) is 17.7. The molecule has 0 heterocycles. The number of benzene rings is 2. The van der Waals surface area contributed by atoms with Gasteiger partial charge >= 0.3 is 0 Å². The molecule has 0 radical (unpaired) electrons. The van der Waals surface area contributed by atoms with Crippen molar-refractivity contribution in [2.45, 2.75) is 13.0 Å². The van der Waals surface area contributed by atoms with Gasteiger partial charge in [0.15, 0.2) is 5.78 Å². The van der Waals surface area contributed by atoms with Crippen molar-refractivity contribution in [1.82, 2.24) is 0 Å². The molecule has 0 saturated heterocycles. The summed E-state index contributed by atoms with van der Waals surface area (Å²) < 4.78 is 0. The fourth-order valence-electron chi connectivity index (χ4n) is 1.55. The van der Waals surface area contributed by atoms with Crippen molar-refractivity contribution < 1.29 is 20.0 Å². The molecule has 1 atom stereocenters. The Bertz CT molecular complexity index is 494. The van der Waals surface area contributed by atoms with E-state index in [1.807, 2.05) is 12.1 Å². The van der Waals surface area contributed by atoms with Gasteiger partial charge in [-0.25, -0.2) is 4.89 Å². The maximum atomic E-state index is 11.9. The van der Waals surface area contributed by atoms with Crippen molar-refractivity contribution in [3.63, 3.8) is 0 Å². The molecule has 0 aliphatic carbocycles. The number of carbonyl (C=O) groups is 1. The Morgan fingerprint density at radius 3 is 1.95 bits per heavy atom. The molecule has 0 saturated carbocycles. The highest BCUT2D eigenvalue weighted by Crippen LogP contribution is 2.17. The molecule has 4 heteroatoms. The van der Waals surface area contributed by atoms with Crippen LogP contribution in [0.25, 0.3) is 0 Å². The van der Waals surface area contributed by atoms with Gasteiger partial charge in [0, 0.05) is 5.56 Å². The molecule has 0 fully saturated rings. The summed E-state index contributed by atoms with van der Waals surface area (Å²) in [6.45, 7) is 2.08. The molecule has 0 amide bonds. The van der Waals surface area contributed by atoms with E-state index in [9.17, 15) is 9.90 Å². The van der Waals surface area contributed by atoms with Crippen LogP contribution in [0.5, 0.6) is 0 Å². The SMILES string of the molecule is CCOO.O=C(c1ccccc1)C(O)c1ccccc1. The fourth-order valence-corrected chi connectivity index (χ4v) is 1.55. The summed E-state index contributed by atoms with van der Waals surface area (Å²) in [5.74, 6) is -0.271. The van der Waals surface area contributed by atoms with E-state index in [2.05, 4.69) is 4.89 Å². The van der Waals surface area contributed by atoms with Crippen LogP contribution in [-0.4, -0.2) is 22.8 Å². The molecule has 2 aromatic rings. The minimum Gasteiger partial charge on any atom is -0.380 e. The van der Waals surface area contributed by atoms with Crippen LogP contribution in [0.3, 0.4) is 0 Å². The molecule has 0 bridgehead atoms. The molecule has 0 aromatic heterocycles. The van der Waals surface area contributed by atoms with Crippen LogP contribution < -0.4 is 0 Å². The van der Waals surface area contributed by atoms with Crippen LogP contribution in [0.2, 0.25) is 0 Å². The van der Waals surface area contributed by atoms with E-state index in [0.717, 1.165) is 0 Å². The van der Waals surface area contributed by atoms with Crippen LogP contribution in [-0.2, 0) is 4.89 Å². The van der Waals surface area contributed by atoms with Crippen molar-refractivity contribution in [3.05, 3.63) is 71.8 Å². The summed E-state index contributed by atoms with van der Waals surface area (Å²) in [4.78, 5) is 15.4. The van der Waals surface area contributed by atoms with Gasteiger partial charge in [0.25, 0.3) is 0 Å². The molecular formula is C16H18O4. The smallest absolute Gasteiger partial charge is 0.195 e. The Morgan fingerprint density at radius 1 is 1.05 bits per heavy atom. The fraction of sp³-hybridized carbons (Fsp3) is 0.188. The number of hydrogen-bond donors (Lipinski definition) is 2. The van der Waals surface area contributed by atoms with Crippen molar-refractivity contribution in [1.29, 1.82) is 0 Å². The van der Waals surface area contributed by atoms with Crippen LogP contribution in [0.4, 0.5) is 0 Å². The van der Waals surface area contributed by atoms with E-state index in [-0.39, 0.29) is 5.78 Å². The van der Waals surface area contributed by atoms with Gasteiger partial charge in [0.1, 0.15) is 6.10 Å². The monoisotopic (exact) mass is 274 g/mol. The second-order valence-corrected chi connectivity index (χ2v) is 3.96. The van der Waals surface area contributed by atoms with E-state index < -0.39 is 6.10 Å². The van der Waals surface area contributed by atoms with E-state index in [4.69, 9.17) is 5.26 Å². The second kappa shape index (κ2) is 8.98. The highest BCUT2D eigenvalue weighted by atomic mass is 17.1. The minimum absolute atomic E-state index is 0.271. The quantitative estimate of drug-likeness (QED) is 0.511. The predicted octanol–water partition coefficient (Wildman–Crippen LogP) is 3.10. The van der Waals surface area contributed by atoms with Crippen molar-refractivity contribution in [2.24, 2.45) is 0 Å². The standard InChI is InChI=1S/C14H12O2.C2H6O2/c15-13(11-7-3-1-4-8-11)14(16)12-9-5-2-6-10-12;1-2-4-3/h1-10,13,15H;3H,2H2,1H3. The van der Waals surface area contributed by atoms with Gasteiger partial charge in [0.2, 0.25) is 0 Å². The van der Waals surface area contributed by atoms with E-state index in [1.54, 1.807) is 55.5 Å². The summed E-state index contributed by atoms with van der Waals surface area (Å²) in [6.07, 6.45) is -1.08. The molecule has 0 aliphatic rings. The van der Waals surface area contributed by atoms with E-state index >= 15 is 0 Å². The number of carbonyl (C=O) groups excluding carboxylic acids is 1. The number of aliphatic hydroxyl groups excluding tert-OH is 1. The number of hydrogen-bond acceptors (Lipinski definition) is 4. The van der Waals surface area contributed by atoms with Crippen molar-refractivity contribution >= 4 is 5.78 Å². The summed E-state index contributed by atoms with van der Waals surface area (Å²) >= 11 is 0. The van der Waals surface area contributed by atoms with Gasteiger partial charge in [0.05, 0.1) is 6.61 Å². The van der Waals surface area contributed by atoms with Crippen LogP contribution in [0, 0.1) is 0 Å². The molecule has 0 spiro atoms. The van der Waals surface area contributed by atoms with Gasteiger partial charge in [-0.2, -0.15) is 0 Å². The zero-order valence-electron chi connectivity index (χ0n) is 11.3. The van der Waals surface area contributed by atoms with E-state index in [0.29, 0.717) is 17.7 Å². The van der Waals surface area contributed by atoms with Gasteiger partial charge in [-0.05, 0) is 12.5 Å². The lowest BCUT2D eigenvalue weighted by molar-refractivity contribution is -0.237. The maximum absolute atomic E-state index is 11.9. The largest absolute Gasteiger partial charge is 0.380 e. The normalized spacial score (nSPS) is 11.2. The lowest BCUT2D eigenvalue weighted by Gasteiger charge is -2.09. The molecule has 20 heavy (non-hydrogen) atoms. The number of Topliss-reactive ketones (excluding diaryl/α,β-unsaturated/α-hetero) is 1. The summed E-state index contributed by atoms with van der Waals surface area (Å²) in [7, 11) is 0. The summed E-state index contributed by atoms with van der Waals surface area (Å²) in [5, 5.41) is 17.3. The molecule has 2 aromatic carbocycles. The lowest BCUT2D eigenvalue weighted by Crippen LogP contribution is -2.11. The van der Waals surface area contributed by atoms with Gasteiger partial charge < -0.3 is 5.11 Å². The topological polar surface area (TPSA) is 66.8 Å². The zero-order valence-corrected chi connectivity index (χ0v) is 11.3. The number of ketones is 1. The highest BCUT2D eigenvalue weighted by Gasteiger charge is 2.18. The molecule has 4 nitrogen and oxygen atoms in total. The molecule has 106 valence electrons. The Kier molecular flexibility index (Phi) is 7.21. The first-order valence-corrected chi connectivity index (χ1v) is 6.29. The maximum Gasteiger partial charge on any atom is 0.195 e. The third-order valence-corrected chi connectivity index (χ3v) is 2.55. The molecule has 2 N–H and O–H groups in total. The van der Waals surface area contributed by atoms with Gasteiger partial charge in [-0.1, -0.05) is 60.7 Å². The molecule has 2 rings (SSSR count). The Balaban J connectivity index is 0.000000444. The van der Waals surface area contributed by atoms with Crippen LogP contribution in [0.1, 0.15) is 28.9 Å². The van der Waals surface area contributed by atoms with Crippen LogP contribution in [0.15, 0.2) is 60.7 Å². The average molecular weight is 274 g/mol. The highest BCUT2D eigenvalue weighted by molar-refractivity contribution is 5.99. The number of aliphatic hydroxyl groups is 1. The number of rotatable bonds is 4. The minimum atomic E-state index is -1.08. The van der Waals surface area contributed by atoms with Crippen molar-refractivity contribution in [3.8, 4) is 0 Å². The summed E-state index contributed by atoms with van der Waals surface area (Å²) in [5.41, 5.74) is 1.15. The van der Waals surface area contributed by atoms with Crippen molar-refractivity contribution in [2.75, 3.05) is 6.61 Å². The molecule has 0 aliphatic heterocycles. The van der Waals surface area contributed by atoms with Gasteiger partial charge in [-0.3, -0.25) is 10.1 Å².